The van der Waals surface area contributed by atoms with Gasteiger partial charge in [0.25, 0.3) is 0 Å². The van der Waals surface area contributed by atoms with Crippen LogP contribution in [0.15, 0.2) is 0 Å². The summed E-state index contributed by atoms with van der Waals surface area (Å²) >= 11 is 2.09. The predicted octanol–water partition coefficient (Wildman–Crippen LogP) is 10.5. The molecule has 0 amide bonds. The van der Waals surface area contributed by atoms with Crippen LogP contribution in [0.2, 0.25) is 0 Å². The van der Waals surface area contributed by atoms with Gasteiger partial charge in [-0.1, -0.05) is 125 Å². The van der Waals surface area contributed by atoms with Crippen molar-refractivity contribution >= 4 is 25.1 Å². The van der Waals surface area contributed by atoms with Crippen molar-refractivity contribution in [3.05, 3.63) is 0 Å². The lowest BCUT2D eigenvalue weighted by Gasteiger charge is -2.21. The molecule has 39 heavy (non-hydrogen) atoms. The lowest BCUT2D eigenvalue weighted by molar-refractivity contribution is 0.0270. The molecule has 0 aromatic rings. The Kier molecular flexibility index (Phi) is 24.5. The number of hydrogen-bond acceptors (Lipinski definition) is 6. The molecule has 1 N–H and O–H groups in total. The minimum absolute atomic E-state index is 0.0581. The van der Waals surface area contributed by atoms with Gasteiger partial charge in [-0.15, -0.1) is 0 Å². The Morgan fingerprint density at radius 3 is 1.87 bits per heavy atom. The zero-order chi connectivity index (χ0) is 29.4. The van der Waals surface area contributed by atoms with Crippen LogP contribution >= 0.6 is 19.4 Å². The Morgan fingerprint density at radius 1 is 0.821 bits per heavy atom. The maximum Gasteiger partial charge on any atom is 0.435 e. The van der Waals surface area contributed by atoms with E-state index in [9.17, 15) is 14.3 Å². The molecule has 3 unspecified atom stereocenters. The lowest BCUT2D eigenvalue weighted by atomic mass is 9.99. The zero-order valence-corrected chi connectivity index (χ0v) is 28.1. The molecule has 234 valence electrons. The number of carbonyl (C=O) groups excluding carboxylic acids is 1. The predicted molar refractivity (Wildman–Crippen MR) is 168 cm³/mol. The van der Waals surface area contributed by atoms with Gasteiger partial charge in [-0.2, -0.15) is 11.8 Å². The molecule has 6 nitrogen and oxygen atoms in total. The first kappa shape index (κ1) is 38.9. The first-order valence-corrected chi connectivity index (χ1v) is 18.5. The second-order valence-electron chi connectivity index (χ2n) is 12.3. The van der Waals surface area contributed by atoms with Gasteiger partial charge < -0.3 is 14.4 Å². The summed E-state index contributed by atoms with van der Waals surface area (Å²) in [6.07, 6.45) is 21.8. The number of thioether (sulfide) groups is 1. The van der Waals surface area contributed by atoms with E-state index >= 15 is 0 Å². The van der Waals surface area contributed by atoms with Crippen molar-refractivity contribution in [3.63, 3.8) is 0 Å². The van der Waals surface area contributed by atoms with E-state index in [1.165, 1.54) is 108 Å². The molecule has 0 aliphatic carbocycles. The highest BCUT2D eigenvalue weighted by molar-refractivity contribution is 7.99. The fraction of sp³-hybridized carbons (Fsp3) is 0.968. The average molecular weight is 595 g/mol. The van der Waals surface area contributed by atoms with Crippen molar-refractivity contribution in [1.82, 2.24) is 0 Å². The second-order valence-corrected chi connectivity index (χ2v) is 15.4. The molecule has 0 bridgehead atoms. The summed E-state index contributed by atoms with van der Waals surface area (Å²) in [4.78, 5) is 21.9. The van der Waals surface area contributed by atoms with Crippen LogP contribution in [0, 0.1) is 5.41 Å². The second kappa shape index (κ2) is 24.5. The van der Waals surface area contributed by atoms with Crippen molar-refractivity contribution in [2.45, 2.75) is 162 Å². The molecule has 0 radical (unpaired) electrons. The van der Waals surface area contributed by atoms with Crippen LogP contribution in [0.25, 0.3) is 0 Å². The Labute approximate surface area is 246 Å². The Bertz CT molecular complexity index is 625. The van der Waals surface area contributed by atoms with Crippen LogP contribution in [0.1, 0.15) is 151 Å². The molecule has 0 aliphatic rings. The fourth-order valence-electron chi connectivity index (χ4n) is 4.19. The third kappa shape index (κ3) is 25.4. The van der Waals surface area contributed by atoms with E-state index in [0.717, 1.165) is 6.42 Å². The van der Waals surface area contributed by atoms with Gasteiger partial charge in [0.15, 0.2) is 0 Å². The van der Waals surface area contributed by atoms with Gasteiger partial charge in [0.05, 0.1) is 19.3 Å². The highest BCUT2D eigenvalue weighted by Gasteiger charge is 2.34. The third-order valence-corrected chi connectivity index (χ3v) is 9.22. The quantitative estimate of drug-likeness (QED) is 0.0748. The normalized spacial score (nSPS) is 15.2. The van der Waals surface area contributed by atoms with Crippen LogP contribution in [0.5, 0.6) is 0 Å². The van der Waals surface area contributed by atoms with Crippen molar-refractivity contribution in [2.24, 2.45) is 5.41 Å². The van der Waals surface area contributed by atoms with Crippen LogP contribution in [0.3, 0.4) is 0 Å². The number of unbranched alkanes of at least 4 members (excludes halogenated alkanes) is 13. The van der Waals surface area contributed by atoms with Crippen molar-refractivity contribution in [1.29, 1.82) is 0 Å². The van der Waals surface area contributed by atoms with Gasteiger partial charge >= 0.3 is 13.3 Å². The summed E-state index contributed by atoms with van der Waals surface area (Å²) in [6.45, 7) is 12.5. The summed E-state index contributed by atoms with van der Waals surface area (Å²) < 4.78 is 28.1. The monoisotopic (exact) mass is 594 g/mol. The number of rotatable bonds is 27. The summed E-state index contributed by atoms with van der Waals surface area (Å²) in [5.41, 5.74) is -1.49. The Balaban J connectivity index is 4.35. The van der Waals surface area contributed by atoms with E-state index in [1.54, 1.807) is 6.92 Å². The molecule has 0 aromatic carbocycles. The first-order chi connectivity index (χ1) is 18.5. The molecular weight excluding hydrogens is 531 g/mol. The molecule has 8 heteroatoms. The van der Waals surface area contributed by atoms with E-state index < -0.39 is 13.3 Å². The molecule has 0 fully saturated rings. The molecule has 0 aliphatic heterocycles. The van der Waals surface area contributed by atoms with E-state index in [2.05, 4.69) is 25.6 Å². The molecule has 0 rings (SSSR count). The standard InChI is InChI=1S/C31H63O6PS/c1-7-9-11-13-15-17-19-21-25-39-29(22-20-18-16-14-12-10-8-2)23-24-35-28(3)26-37-38(33,34)30(32)36-27-31(4,5)6/h28-29H,7-27H2,1-6H3,(H,33,34). The summed E-state index contributed by atoms with van der Waals surface area (Å²) in [7, 11) is -4.48. The summed E-state index contributed by atoms with van der Waals surface area (Å²) in [5, 5.41) is 0.578. The van der Waals surface area contributed by atoms with E-state index in [-0.39, 0.29) is 24.7 Å². The molecular formula is C31H63O6PS. The largest absolute Gasteiger partial charge is 0.456 e. The van der Waals surface area contributed by atoms with Gasteiger partial charge in [-0.05, 0) is 37.4 Å². The molecule has 0 spiro atoms. The molecule has 0 saturated heterocycles. The number of ether oxygens (including phenoxy) is 2. The topological polar surface area (TPSA) is 82.1 Å². The van der Waals surface area contributed by atoms with Gasteiger partial charge in [-0.25, -0.2) is 9.36 Å². The minimum Gasteiger partial charge on any atom is -0.456 e. The Hall–Kier alpha value is -0.0700. The Morgan fingerprint density at radius 2 is 1.33 bits per heavy atom. The number of carbonyl (C=O) groups is 1. The molecule has 0 heterocycles. The lowest BCUT2D eigenvalue weighted by Crippen LogP contribution is -2.21. The maximum absolute atomic E-state index is 12.2. The van der Waals surface area contributed by atoms with Crippen LogP contribution < -0.4 is 0 Å². The van der Waals surface area contributed by atoms with Crippen LogP contribution in [-0.2, 0) is 18.6 Å². The van der Waals surface area contributed by atoms with Gasteiger partial charge in [0.1, 0.15) is 0 Å². The highest BCUT2D eigenvalue weighted by atomic mass is 32.2. The number of hydrogen-bond donors (Lipinski definition) is 1. The van der Waals surface area contributed by atoms with Crippen molar-refractivity contribution in [2.75, 3.05) is 25.6 Å². The van der Waals surface area contributed by atoms with Crippen molar-refractivity contribution in [3.8, 4) is 0 Å². The summed E-state index contributed by atoms with van der Waals surface area (Å²) in [6, 6.07) is 0. The van der Waals surface area contributed by atoms with Crippen LogP contribution in [0.4, 0.5) is 4.79 Å². The molecule has 3 atom stereocenters. The smallest absolute Gasteiger partial charge is 0.435 e. The first-order valence-electron chi connectivity index (χ1n) is 15.9. The van der Waals surface area contributed by atoms with Gasteiger partial charge in [0.2, 0.25) is 0 Å². The zero-order valence-electron chi connectivity index (χ0n) is 26.3. The van der Waals surface area contributed by atoms with Gasteiger partial charge in [-0.3, -0.25) is 4.52 Å². The van der Waals surface area contributed by atoms with Crippen molar-refractivity contribution < 1.29 is 28.3 Å². The molecule has 0 saturated carbocycles. The van der Waals surface area contributed by atoms with E-state index in [0.29, 0.717) is 11.9 Å². The molecule has 0 aromatic heterocycles. The third-order valence-electron chi connectivity index (χ3n) is 6.67. The highest BCUT2D eigenvalue weighted by Crippen LogP contribution is 2.44. The van der Waals surface area contributed by atoms with Crippen LogP contribution in [-0.4, -0.2) is 47.5 Å². The fourth-order valence-corrected chi connectivity index (χ4v) is 6.24. The SMILES string of the molecule is CCCCCCCCCCSC(CCCCCCCCC)CCOC(C)COP(=O)(O)C(=O)OCC(C)(C)C. The van der Waals surface area contributed by atoms with Gasteiger partial charge in [0, 0.05) is 11.9 Å². The summed E-state index contributed by atoms with van der Waals surface area (Å²) in [5.74, 6) is 1.21. The average Bonchev–Trinajstić information content (AvgIpc) is 2.88. The maximum atomic E-state index is 12.2. The van der Waals surface area contributed by atoms with E-state index in [4.69, 9.17) is 14.0 Å². The van der Waals surface area contributed by atoms with E-state index in [1.807, 2.05) is 20.8 Å². The minimum atomic E-state index is -4.48.